The zero-order valence-electron chi connectivity index (χ0n) is 9.85. The number of anilines is 1. The van der Waals surface area contributed by atoms with E-state index in [4.69, 9.17) is 15.7 Å². The van der Waals surface area contributed by atoms with Crippen LogP contribution in [-0.2, 0) is 0 Å². The second-order valence-electron chi connectivity index (χ2n) is 4.55. The highest BCUT2D eigenvalue weighted by Gasteiger charge is 2.15. The lowest BCUT2D eigenvalue weighted by Crippen LogP contribution is -2.16. The van der Waals surface area contributed by atoms with E-state index in [2.05, 4.69) is 4.98 Å². The fraction of sp³-hybridized carbons (Fsp3) is 0.538. The summed E-state index contributed by atoms with van der Waals surface area (Å²) in [5, 5.41) is 8.70. The molecule has 0 unspecified atom stereocenters. The molecule has 0 atom stereocenters. The van der Waals surface area contributed by atoms with E-state index in [1.165, 1.54) is 38.3 Å². The maximum atomic E-state index is 8.70. The number of nitrogens with zero attached hydrogens (tertiary/aromatic N) is 2. The van der Waals surface area contributed by atoms with Crippen LogP contribution in [-0.4, -0.2) is 11.6 Å². The number of hydrogen-bond acceptors (Lipinski definition) is 4. The Morgan fingerprint density at radius 2 is 2.18 bits per heavy atom. The van der Waals surface area contributed by atoms with Crippen molar-refractivity contribution < 1.29 is 4.74 Å². The number of hydrogen-bond donors (Lipinski definition) is 1. The molecule has 1 fully saturated rings. The minimum absolute atomic E-state index is 0.444. The second kappa shape index (κ2) is 5.53. The molecule has 17 heavy (non-hydrogen) atoms. The van der Waals surface area contributed by atoms with Gasteiger partial charge < -0.3 is 10.5 Å². The fourth-order valence-corrected chi connectivity index (χ4v) is 2.20. The lowest BCUT2D eigenvalue weighted by atomic mass is 9.90. The van der Waals surface area contributed by atoms with Crippen molar-refractivity contribution in [2.75, 3.05) is 12.3 Å². The summed E-state index contributed by atoms with van der Waals surface area (Å²) in [6.07, 6.45) is 7.89. The summed E-state index contributed by atoms with van der Waals surface area (Å²) in [6.45, 7) is 0.684. The van der Waals surface area contributed by atoms with E-state index >= 15 is 0 Å². The number of aromatic nitrogens is 1. The number of nitriles is 1. The highest BCUT2D eigenvalue weighted by Crippen LogP contribution is 2.25. The summed E-state index contributed by atoms with van der Waals surface area (Å²) in [4.78, 5) is 4.06. The number of nitrogens with two attached hydrogens (primary N) is 1. The van der Waals surface area contributed by atoms with Crippen LogP contribution in [0.1, 0.15) is 37.7 Å². The van der Waals surface area contributed by atoms with E-state index in [0.29, 0.717) is 29.7 Å². The molecule has 1 saturated carbocycles. The highest BCUT2D eigenvalue weighted by molar-refractivity contribution is 5.51. The Morgan fingerprint density at radius 1 is 1.41 bits per heavy atom. The Morgan fingerprint density at radius 3 is 2.82 bits per heavy atom. The first kappa shape index (κ1) is 11.7. The summed E-state index contributed by atoms with van der Waals surface area (Å²) >= 11 is 0. The van der Waals surface area contributed by atoms with Crippen molar-refractivity contribution >= 4 is 5.69 Å². The summed E-state index contributed by atoms with van der Waals surface area (Å²) in [7, 11) is 0. The fourth-order valence-electron chi connectivity index (χ4n) is 2.20. The van der Waals surface area contributed by atoms with E-state index in [9.17, 15) is 0 Å². The van der Waals surface area contributed by atoms with Crippen molar-refractivity contribution in [2.24, 2.45) is 5.92 Å². The van der Waals surface area contributed by atoms with Crippen LogP contribution in [0.5, 0.6) is 5.88 Å². The van der Waals surface area contributed by atoms with Crippen LogP contribution in [0.4, 0.5) is 5.69 Å². The lowest BCUT2D eigenvalue weighted by Gasteiger charge is -2.21. The largest absolute Gasteiger partial charge is 0.476 e. The minimum Gasteiger partial charge on any atom is -0.476 e. The molecule has 1 aliphatic carbocycles. The summed E-state index contributed by atoms with van der Waals surface area (Å²) in [5.41, 5.74) is 6.68. The monoisotopic (exact) mass is 231 g/mol. The standard InChI is InChI=1S/C13H17N3O/c14-7-11-6-12(15)13(16-8-11)17-9-10-4-2-1-3-5-10/h6,8,10H,1-5,9,15H2. The molecule has 1 aliphatic rings. The summed E-state index contributed by atoms with van der Waals surface area (Å²) < 4.78 is 5.63. The second-order valence-corrected chi connectivity index (χ2v) is 4.55. The molecule has 4 nitrogen and oxygen atoms in total. The van der Waals surface area contributed by atoms with Crippen molar-refractivity contribution in [1.82, 2.24) is 4.98 Å². The van der Waals surface area contributed by atoms with E-state index in [1.54, 1.807) is 6.07 Å². The molecule has 1 heterocycles. The van der Waals surface area contributed by atoms with Crippen molar-refractivity contribution in [2.45, 2.75) is 32.1 Å². The molecule has 1 aromatic rings. The van der Waals surface area contributed by atoms with Crippen LogP contribution in [0.3, 0.4) is 0 Å². The predicted molar refractivity (Wildman–Crippen MR) is 65.4 cm³/mol. The van der Waals surface area contributed by atoms with Gasteiger partial charge in [0.05, 0.1) is 17.9 Å². The molecule has 2 N–H and O–H groups in total. The average molecular weight is 231 g/mol. The van der Waals surface area contributed by atoms with Gasteiger partial charge in [-0.15, -0.1) is 0 Å². The van der Waals surface area contributed by atoms with Crippen molar-refractivity contribution in [3.63, 3.8) is 0 Å². The first-order valence-electron chi connectivity index (χ1n) is 6.08. The normalized spacial score (nSPS) is 16.4. The van der Waals surface area contributed by atoms with Crippen molar-refractivity contribution in [3.8, 4) is 11.9 Å². The molecule has 4 heteroatoms. The summed E-state index contributed by atoms with van der Waals surface area (Å²) in [5.74, 6) is 1.08. The number of pyridine rings is 1. The van der Waals surface area contributed by atoms with E-state index in [-0.39, 0.29) is 0 Å². The third-order valence-corrected chi connectivity index (χ3v) is 3.19. The Hall–Kier alpha value is -1.76. The molecular formula is C13H17N3O. The van der Waals surface area contributed by atoms with Gasteiger partial charge in [-0.25, -0.2) is 4.98 Å². The van der Waals surface area contributed by atoms with Crippen LogP contribution in [0, 0.1) is 17.2 Å². The topological polar surface area (TPSA) is 71.9 Å². The molecule has 0 radical (unpaired) electrons. The molecular weight excluding hydrogens is 214 g/mol. The molecule has 0 aliphatic heterocycles. The van der Waals surface area contributed by atoms with E-state index in [0.717, 1.165) is 0 Å². The van der Waals surface area contributed by atoms with Crippen LogP contribution in [0.25, 0.3) is 0 Å². The third-order valence-electron chi connectivity index (χ3n) is 3.19. The molecule has 90 valence electrons. The predicted octanol–water partition coefficient (Wildman–Crippen LogP) is 2.49. The van der Waals surface area contributed by atoms with Crippen LogP contribution < -0.4 is 10.5 Å². The SMILES string of the molecule is N#Cc1cnc(OCC2CCCCC2)c(N)c1. The minimum atomic E-state index is 0.444. The smallest absolute Gasteiger partial charge is 0.237 e. The zero-order chi connectivity index (χ0) is 12.1. The van der Waals surface area contributed by atoms with Gasteiger partial charge in [-0.3, -0.25) is 0 Å². The maximum Gasteiger partial charge on any atom is 0.237 e. The van der Waals surface area contributed by atoms with Gasteiger partial charge in [0, 0.05) is 6.20 Å². The van der Waals surface area contributed by atoms with Gasteiger partial charge in [-0.2, -0.15) is 5.26 Å². The van der Waals surface area contributed by atoms with Gasteiger partial charge in [0.1, 0.15) is 6.07 Å². The average Bonchev–Trinajstić information content (AvgIpc) is 2.38. The van der Waals surface area contributed by atoms with E-state index in [1.807, 2.05) is 6.07 Å². The van der Waals surface area contributed by atoms with Crippen LogP contribution in [0.15, 0.2) is 12.3 Å². The Labute approximate surface area is 101 Å². The van der Waals surface area contributed by atoms with Gasteiger partial charge in [0.15, 0.2) is 0 Å². The Kier molecular flexibility index (Phi) is 3.81. The van der Waals surface area contributed by atoms with Gasteiger partial charge in [0.25, 0.3) is 0 Å². The van der Waals surface area contributed by atoms with Crippen molar-refractivity contribution in [3.05, 3.63) is 17.8 Å². The van der Waals surface area contributed by atoms with Crippen molar-refractivity contribution in [1.29, 1.82) is 5.26 Å². The van der Waals surface area contributed by atoms with Gasteiger partial charge in [-0.05, 0) is 24.8 Å². The first-order valence-corrected chi connectivity index (χ1v) is 6.08. The lowest BCUT2D eigenvalue weighted by molar-refractivity contribution is 0.204. The first-order chi connectivity index (χ1) is 8.29. The number of rotatable bonds is 3. The van der Waals surface area contributed by atoms with E-state index < -0.39 is 0 Å². The van der Waals surface area contributed by atoms with Gasteiger partial charge >= 0.3 is 0 Å². The van der Waals surface area contributed by atoms with Gasteiger partial charge in [-0.1, -0.05) is 19.3 Å². The molecule has 1 aromatic heterocycles. The zero-order valence-corrected chi connectivity index (χ0v) is 9.85. The maximum absolute atomic E-state index is 8.70. The quantitative estimate of drug-likeness (QED) is 0.867. The number of ether oxygens (including phenoxy) is 1. The third kappa shape index (κ3) is 3.10. The van der Waals surface area contributed by atoms with Gasteiger partial charge in [0.2, 0.25) is 5.88 Å². The molecule has 2 rings (SSSR count). The van der Waals surface area contributed by atoms with Crippen LogP contribution >= 0.6 is 0 Å². The Balaban J connectivity index is 1.92. The van der Waals surface area contributed by atoms with Crippen LogP contribution in [0.2, 0.25) is 0 Å². The highest BCUT2D eigenvalue weighted by atomic mass is 16.5. The molecule has 0 aromatic carbocycles. The molecule has 0 bridgehead atoms. The Bertz CT molecular complexity index is 419. The molecule has 0 spiro atoms. The summed E-state index contributed by atoms with van der Waals surface area (Å²) in [6, 6.07) is 3.60. The number of nitrogen functional groups attached to an aromatic ring is 1. The molecule has 0 amide bonds. The molecule has 0 saturated heterocycles.